The van der Waals surface area contributed by atoms with E-state index >= 15 is 0 Å². The maximum absolute atomic E-state index is 12.9. The standard InChI is InChI=1S/C15H17ClN4O2/c1-2-12-14(20-9-11(16)3-4-13(20)17-12)15(22)19-7-5-18(10-21)6-8-19/h3-4,9-10H,2,5-8H2,1H3. The summed E-state index contributed by atoms with van der Waals surface area (Å²) in [6.07, 6.45) is 3.22. The summed E-state index contributed by atoms with van der Waals surface area (Å²) in [6, 6.07) is 3.57. The molecule has 0 radical (unpaired) electrons. The molecule has 0 N–H and O–H groups in total. The second-order valence-corrected chi connectivity index (χ2v) is 5.71. The minimum Gasteiger partial charge on any atom is -0.342 e. The van der Waals surface area contributed by atoms with Gasteiger partial charge in [-0.25, -0.2) is 4.98 Å². The van der Waals surface area contributed by atoms with Gasteiger partial charge in [-0.3, -0.25) is 14.0 Å². The van der Waals surface area contributed by atoms with Gasteiger partial charge in [-0.05, 0) is 18.6 Å². The molecule has 2 amide bonds. The molecule has 116 valence electrons. The molecule has 0 bridgehead atoms. The lowest BCUT2D eigenvalue weighted by Crippen LogP contribution is -2.48. The molecule has 0 unspecified atom stereocenters. The molecule has 0 aliphatic carbocycles. The van der Waals surface area contributed by atoms with E-state index in [0.29, 0.717) is 43.3 Å². The minimum absolute atomic E-state index is 0.0582. The van der Waals surface area contributed by atoms with Gasteiger partial charge in [0, 0.05) is 32.4 Å². The van der Waals surface area contributed by atoms with Crippen LogP contribution in [0.2, 0.25) is 5.02 Å². The number of pyridine rings is 1. The number of amides is 2. The van der Waals surface area contributed by atoms with Gasteiger partial charge in [-0.1, -0.05) is 18.5 Å². The number of aromatic nitrogens is 2. The van der Waals surface area contributed by atoms with Gasteiger partial charge in [0.25, 0.3) is 5.91 Å². The van der Waals surface area contributed by atoms with Crippen molar-refractivity contribution in [3.8, 4) is 0 Å². The first-order valence-corrected chi connectivity index (χ1v) is 7.67. The van der Waals surface area contributed by atoms with Crippen LogP contribution in [0.1, 0.15) is 23.1 Å². The molecule has 2 aromatic heterocycles. The normalized spacial score (nSPS) is 15.4. The third-order valence-corrected chi connectivity index (χ3v) is 4.17. The highest BCUT2D eigenvalue weighted by Gasteiger charge is 2.26. The van der Waals surface area contributed by atoms with Crippen LogP contribution >= 0.6 is 11.6 Å². The summed E-state index contributed by atoms with van der Waals surface area (Å²) in [7, 11) is 0. The van der Waals surface area contributed by atoms with Gasteiger partial charge in [0.2, 0.25) is 6.41 Å². The molecule has 3 heterocycles. The van der Waals surface area contributed by atoms with Gasteiger partial charge in [0.1, 0.15) is 11.3 Å². The van der Waals surface area contributed by atoms with E-state index in [4.69, 9.17) is 11.6 Å². The van der Waals surface area contributed by atoms with E-state index in [-0.39, 0.29) is 5.91 Å². The van der Waals surface area contributed by atoms with Gasteiger partial charge < -0.3 is 9.80 Å². The Bertz CT molecular complexity index is 720. The monoisotopic (exact) mass is 320 g/mol. The van der Waals surface area contributed by atoms with Gasteiger partial charge >= 0.3 is 0 Å². The van der Waals surface area contributed by atoms with Crippen LogP contribution in [0.4, 0.5) is 0 Å². The van der Waals surface area contributed by atoms with Crippen LogP contribution in [0.5, 0.6) is 0 Å². The fourth-order valence-corrected chi connectivity index (χ4v) is 2.88. The number of fused-ring (bicyclic) bond motifs is 1. The molecule has 2 aromatic rings. The molecular formula is C15H17ClN4O2. The van der Waals surface area contributed by atoms with Crippen molar-refractivity contribution in [3.63, 3.8) is 0 Å². The molecule has 6 nitrogen and oxygen atoms in total. The van der Waals surface area contributed by atoms with E-state index in [1.165, 1.54) is 0 Å². The van der Waals surface area contributed by atoms with E-state index in [9.17, 15) is 9.59 Å². The largest absolute Gasteiger partial charge is 0.342 e. The highest BCUT2D eigenvalue weighted by Crippen LogP contribution is 2.19. The molecule has 1 fully saturated rings. The molecular weight excluding hydrogens is 304 g/mol. The third kappa shape index (κ3) is 2.54. The summed E-state index contributed by atoms with van der Waals surface area (Å²) in [5.74, 6) is -0.0582. The van der Waals surface area contributed by atoms with E-state index in [2.05, 4.69) is 4.98 Å². The fourth-order valence-electron chi connectivity index (χ4n) is 2.72. The number of imidazole rings is 1. The Morgan fingerprint density at radius 2 is 2.05 bits per heavy atom. The van der Waals surface area contributed by atoms with E-state index in [1.807, 2.05) is 13.0 Å². The summed E-state index contributed by atoms with van der Waals surface area (Å²) in [5.41, 5.74) is 2.06. The molecule has 0 saturated carbocycles. The topological polar surface area (TPSA) is 57.9 Å². The Morgan fingerprint density at radius 3 is 2.68 bits per heavy atom. The quantitative estimate of drug-likeness (QED) is 0.805. The molecule has 22 heavy (non-hydrogen) atoms. The smallest absolute Gasteiger partial charge is 0.272 e. The second kappa shape index (κ2) is 5.96. The highest BCUT2D eigenvalue weighted by molar-refractivity contribution is 6.30. The Morgan fingerprint density at radius 1 is 1.32 bits per heavy atom. The minimum atomic E-state index is -0.0582. The Kier molecular flexibility index (Phi) is 4.02. The molecule has 1 saturated heterocycles. The Labute approximate surface area is 133 Å². The van der Waals surface area contributed by atoms with E-state index < -0.39 is 0 Å². The molecule has 1 aliphatic rings. The predicted octanol–water partition coefficient (Wildman–Crippen LogP) is 1.46. The molecule has 0 atom stereocenters. The number of aryl methyl sites for hydroxylation is 1. The van der Waals surface area contributed by atoms with Crippen molar-refractivity contribution in [3.05, 3.63) is 34.7 Å². The number of piperazine rings is 1. The van der Waals surface area contributed by atoms with E-state index in [0.717, 1.165) is 17.8 Å². The SMILES string of the molecule is CCc1nc2ccc(Cl)cn2c1C(=O)N1CCN(C=O)CC1. The molecule has 0 aromatic carbocycles. The summed E-state index contributed by atoms with van der Waals surface area (Å²) in [6.45, 7) is 4.18. The van der Waals surface area contributed by atoms with Crippen LogP contribution in [-0.4, -0.2) is 57.7 Å². The third-order valence-electron chi connectivity index (χ3n) is 3.94. The highest BCUT2D eigenvalue weighted by atomic mass is 35.5. The van der Waals surface area contributed by atoms with Crippen LogP contribution in [0, 0.1) is 0 Å². The van der Waals surface area contributed by atoms with E-state index in [1.54, 1.807) is 26.5 Å². The zero-order valence-corrected chi connectivity index (χ0v) is 13.1. The van der Waals surface area contributed by atoms with Gasteiger partial charge in [0.15, 0.2) is 0 Å². The summed E-state index contributed by atoms with van der Waals surface area (Å²) in [4.78, 5) is 31.6. The molecule has 3 rings (SSSR count). The predicted molar refractivity (Wildman–Crippen MR) is 83.1 cm³/mol. The van der Waals surface area contributed by atoms with Crippen molar-refractivity contribution in [2.45, 2.75) is 13.3 Å². The van der Waals surface area contributed by atoms with Crippen molar-refractivity contribution in [1.29, 1.82) is 0 Å². The van der Waals surface area contributed by atoms with Crippen molar-refractivity contribution in [1.82, 2.24) is 19.2 Å². The van der Waals surface area contributed by atoms with Crippen LogP contribution in [0.15, 0.2) is 18.3 Å². The van der Waals surface area contributed by atoms with Crippen LogP contribution in [0.3, 0.4) is 0 Å². The first-order valence-electron chi connectivity index (χ1n) is 7.29. The molecule has 7 heteroatoms. The van der Waals surface area contributed by atoms with Crippen LogP contribution < -0.4 is 0 Å². The maximum Gasteiger partial charge on any atom is 0.272 e. The number of rotatable bonds is 3. The average molecular weight is 321 g/mol. The van der Waals surface area contributed by atoms with Crippen molar-refractivity contribution in [2.24, 2.45) is 0 Å². The van der Waals surface area contributed by atoms with Crippen LogP contribution in [0.25, 0.3) is 5.65 Å². The number of nitrogens with zero attached hydrogens (tertiary/aromatic N) is 4. The molecule has 0 spiro atoms. The lowest BCUT2D eigenvalue weighted by atomic mass is 10.2. The Hall–Kier alpha value is -2.08. The lowest BCUT2D eigenvalue weighted by Gasteiger charge is -2.32. The zero-order chi connectivity index (χ0) is 15.7. The fraction of sp³-hybridized carbons (Fsp3) is 0.400. The number of carbonyl (C=O) groups excluding carboxylic acids is 2. The summed E-state index contributed by atoms with van der Waals surface area (Å²) in [5, 5.41) is 0.562. The number of hydrogen-bond acceptors (Lipinski definition) is 3. The number of halogens is 1. The first-order chi connectivity index (χ1) is 10.6. The molecule has 1 aliphatic heterocycles. The van der Waals surface area contributed by atoms with Gasteiger partial charge in [-0.15, -0.1) is 0 Å². The van der Waals surface area contributed by atoms with Crippen molar-refractivity contribution < 1.29 is 9.59 Å². The first kappa shape index (κ1) is 14.8. The Balaban J connectivity index is 1.96. The maximum atomic E-state index is 12.9. The number of carbonyl (C=O) groups is 2. The van der Waals surface area contributed by atoms with Crippen LogP contribution in [-0.2, 0) is 11.2 Å². The van der Waals surface area contributed by atoms with Gasteiger partial charge in [0.05, 0.1) is 10.7 Å². The summed E-state index contributed by atoms with van der Waals surface area (Å²) >= 11 is 6.05. The van der Waals surface area contributed by atoms with Crippen molar-refractivity contribution in [2.75, 3.05) is 26.2 Å². The summed E-state index contributed by atoms with van der Waals surface area (Å²) < 4.78 is 1.76. The zero-order valence-electron chi connectivity index (χ0n) is 12.3. The van der Waals surface area contributed by atoms with Gasteiger partial charge in [-0.2, -0.15) is 0 Å². The second-order valence-electron chi connectivity index (χ2n) is 5.27. The van der Waals surface area contributed by atoms with Crippen molar-refractivity contribution >= 4 is 29.6 Å². The average Bonchev–Trinajstić information content (AvgIpc) is 2.92. The number of hydrogen-bond donors (Lipinski definition) is 0. The lowest BCUT2D eigenvalue weighted by molar-refractivity contribution is -0.119.